The zero-order valence-corrected chi connectivity index (χ0v) is 7.10. The second-order valence-electron chi connectivity index (χ2n) is 2.58. The zero-order valence-electron chi connectivity index (χ0n) is 7.10. The van der Waals surface area contributed by atoms with E-state index in [4.69, 9.17) is 5.41 Å². The summed E-state index contributed by atoms with van der Waals surface area (Å²) in [6.45, 7) is 3.11. The van der Waals surface area contributed by atoms with Crippen molar-refractivity contribution in [2.75, 3.05) is 0 Å². The molecular formula is C9H7F3N2. The van der Waals surface area contributed by atoms with Crippen LogP contribution in [0.5, 0.6) is 0 Å². The van der Waals surface area contributed by atoms with Gasteiger partial charge in [0.1, 0.15) is 0 Å². The highest BCUT2D eigenvalue weighted by Gasteiger charge is 2.29. The standard InChI is InChI=1S/C9H7F3N2/c1-14-8(13)6-2-4-7(5-3-6)9(10,11)12/h2-5,13H,1H2. The van der Waals surface area contributed by atoms with Crippen LogP contribution >= 0.6 is 0 Å². The molecule has 74 valence electrons. The van der Waals surface area contributed by atoms with Crippen LogP contribution in [0.25, 0.3) is 0 Å². The van der Waals surface area contributed by atoms with Gasteiger partial charge in [0.25, 0.3) is 0 Å². The maximum atomic E-state index is 12.1. The quantitative estimate of drug-likeness (QED) is 0.534. The van der Waals surface area contributed by atoms with Gasteiger partial charge in [-0.3, -0.25) is 5.41 Å². The summed E-state index contributed by atoms with van der Waals surface area (Å²) in [6, 6.07) is 4.21. The molecule has 0 unspecified atom stereocenters. The van der Waals surface area contributed by atoms with Crippen LogP contribution < -0.4 is 0 Å². The average molecular weight is 200 g/mol. The van der Waals surface area contributed by atoms with E-state index in [-0.39, 0.29) is 5.84 Å². The van der Waals surface area contributed by atoms with Crippen molar-refractivity contribution in [3.05, 3.63) is 35.4 Å². The van der Waals surface area contributed by atoms with E-state index in [1.165, 1.54) is 12.1 Å². The summed E-state index contributed by atoms with van der Waals surface area (Å²) >= 11 is 0. The topological polar surface area (TPSA) is 36.2 Å². The maximum Gasteiger partial charge on any atom is 0.416 e. The number of rotatable bonds is 1. The van der Waals surface area contributed by atoms with Crippen molar-refractivity contribution in [1.82, 2.24) is 0 Å². The molecular weight excluding hydrogens is 193 g/mol. The average Bonchev–Trinajstić information content (AvgIpc) is 2.15. The van der Waals surface area contributed by atoms with Crippen LogP contribution in [0.1, 0.15) is 11.1 Å². The number of nitrogens with one attached hydrogen (secondary N) is 1. The van der Waals surface area contributed by atoms with E-state index in [1.54, 1.807) is 0 Å². The Morgan fingerprint density at radius 3 is 2.07 bits per heavy atom. The largest absolute Gasteiger partial charge is 0.416 e. The second-order valence-corrected chi connectivity index (χ2v) is 2.58. The molecule has 1 N–H and O–H groups in total. The molecule has 0 aliphatic carbocycles. The van der Waals surface area contributed by atoms with Gasteiger partial charge in [-0.2, -0.15) is 13.2 Å². The van der Waals surface area contributed by atoms with E-state index in [1.807, 2.05) is 0 Å². The molecule has 2 nitrogen and oxygen atoms in total. The van der Waals surface area contributed by atoms with Gasteiger partial charge in [0.2, 0.25) is 0 Å². The zero-order chi connectivity index (χ0) is 10.8. The van der Waals surface area contributed by atoms with Crippen molar-refractivity contribution in [3.63, 3.8) is 0 Å². The molecule has 0 atom stereocenters. The minimum absolute atomic E-state index is 0.140. The van der Waals surface area contributed by atoms with Crippen molar-refractivity contribution < 1.29 is 13.2 Å². The van der Waals surface area contributed by atoms with E-state index < -0.39 is 11.7 Å². The lowest BCUT2D eigenvalue weighted by Crippen LogP contribution is -2.05. The molecule has 0 heterocycles. The predicted molar refractivity (Wildman–Crippen MR) is 47.8 cm³/mol. The first-order valence-electron chi connectivity index (χ1n) is 3.68. The molecule has 0 aliphatic rings. The van der Waals surface area contributed by atoms with Gasteiger partial charge in [0.05, 0.1) is 5.56 Å². The number of aliphatic imine (C=N–C) groups is 1. The van der Waals surface area contributed by atoms with Crippen LogP contribution in [-0.2, 0) is 6.18 Å². The Bertz CT molecular complexity index is 351. The van der Waals surface area contributed by atoms with Crippen LogP contribution in [0.4, 0.5) is 13.2 Å². The van der Waals surface area contributed by atoms with Gasteiger partial charge in [-0.25, -0.2) is 4.99 Å². The van der Waals surface area contributed by atoms with Gasteiger partial charge in [0.15, 0.2) is 5.84 Å². The van der Waals surface area contributed by atoms with Gasteiger partial charge in [0, 0.05) is 5.56 Å². The molecule has 0 saturated carbocycles. The van der Waals surface area contributed by atoms with E-state index in [0.29, 0.717) is 5.56 Å². The lowest BCUT2D eigenvalue weighted by molar-refractivity contribution is -0.137. The van der Waals surface area contributed by atoms with Gasteiger partial charge in [-0.05, 0) is 18.9 Å². The van der Waals surface area contributed by atoms with Gasteiger partial charge < -0.3 is 0 Å². The summed E-state index contributed by atoms with van der Waals surface area (Å²) in [5.74, 6) is -0.140. The van der Waals surface area contributed by atoms with E-state index in [0.717, 1.165) is 12.1 Å². The Balaban J connectivity index is 3.00. The highest BCUT2D eigenvalue weighted by Crippen LogP contribution is 2.29. The number of hydrogen-bond acceptors (Lipinski definition) is 1. The Kier molecular flexibility index (Phi) is 2.69. The van der Waals surface area contributed by atoms with Crippen LogP contribution in [0, 0.1) is 5.41 Å². The summed E-state index contributed by atoms with van der Waals surface area (Å²) in [6.07, 6.45) is -4.34. The lowest BCUT2D eigenvalue weighted by atomic mass is 10.1. The SMILES string of the molecule is C=NC(=N)c1ccc(C(F)(F)F)cc1. The molecule has 0 amide bonds. The summed E-state index contributed by atoms with van der Waals surface area (Å²) in [4.78, 5) is 3.30. The Morgan fingerprint density at radius 1 is 1.21 bits per heavy atom. The Labute approximate surface area is 78.6 Å². The fourth-order valence-corrected chi connectivity index (χ4v) is 0.908. The van der Waals surface area contributed by atoms with Crippen molar-refractivity contribution in [1.29, 1.82) is 5.41 Å². The number of nitrogens with zero attached hydrogens (tertiary/aromatic N) is 1. The first kappa shape index (κ1) is 10.4. The predicted octanol–water partition coefficient (Wildman–Crippen LogP) is 2.73. The maximum absolute atomic E-state index is 12.1. The molecule has 0 aromatic heterocycles. The lowest BCUT2D eigenvalue weighted by Gasteiger charge is -2.06. The van der Waals surface area contributed by atoms with Crippen LogP contribution in [-0.4, -0.2) is 12.6 Å². The minimum atomic E-state index is -4.34. The monoisotopic (exact) mass is 200 g/mol. The molecule has 0 aliphatic heterocycles. The number of halogens is 3. The third kappa shape index (κ3) is 2.18. The summed E-state index contributed by atoms with van der Waals surface area (Å²) in [5.41, 5.74) is -0.425. The summed E-state index contributed by atoms with van der Waals surface area (Å²) in [5, 5.41) is 7.19. The smallest absolute Gasteiger partial charge is 0.282 e. The minimum Gasteiger partial charge on any atom is -0.282 e. The third-order valence-electron chi connectivity index (χ3n) is 1.64. The first-order chi connectivity index (χ1) is 6.45. The summed E-state index contributed by atoms with van der Waals surface area (Å²) < 4.78 is 36.3. The van der Waals surface area contributed by atoms with E-state index in [9.17, 15) is 13.2 Å². The molecule has 0 bridgehead atoms. The molecule has 0 radical (unpaired) electrons. The van der Waals surface area contributed by atoms with Crippen LogP contribution in [0.15, 0.2) is 29.3 Å². The molecule has 1 aromatic carbocycles. The molecule has 0 saturated heterocycles. The Hall–Kier alpha value is -1.65. The van der Waals surface area contributed by atoms with Crippen molar-refractivity contribution >= 4 is 12.6 Å². The molecule has 0 fully saturated rings. The fourth-order valence-electron chi connectivity index (χ4n) is 0.908. The van der Waals surface area contributed by atoms with Crippen molar-refractivity contribution in [2.24, 2.45) is 4.99 Å². The number of alkyl halides is 3. The highest BCUT2D eigenvalue weighted by atomic mass is 19.4. The normalized spacial score (nSPS) is 11.1. The Morgan fingerprint density at radius 2 is 1.71 bits per heavy atom. The molecule has 1 rings (SSSR count). The van der Waals surface area contributed by atoms with Crippen molar-refractivity contribution in [3.8, 4) is 0 Å². The van der Waals surface area contributed by atoms with Gasteiger partial charge >= 0.3 is 6.18 Å². The molecule has 0 spiro atoms. The van der Waals surface area contributed by atoms with Crippen LogP contribution in [0.2, 0.25) is 0 Å². The van der Waals surface area contributed by atoms with Crippen LogP contribution in [0.3, 0.4) is 0 Å². The van der Waals surface area contributed by atoms with E-state index in [2.05, 4.69) is 11.7 Å². The van der Waals surface area contributed by atoms with Crippen molar-refractivity contribution in [2.45, 2.75) is 6.18 Å². The van der Waals surface area contributed by atoms with Gasteiger partial charge in [-0.15, -0.1) is 0 Å². The number of amidine groups is 1. The second kappa shape index (κ2) is 3.61. The third-order valence-corrected chi connectivity index (χ3v) is 1.64. The van der Waals surface area contributed by atoms with Gasteiger partial charge in [-0.1, -0.05) is 12.1 Å². The number of benzene rings is 1. The number of hydrogen-bond donors (Lipinski definition) is 1. The van der Waals surface area contributed by atoms with E-state index >= 15 is 0 Å². The molecule has 5 heteroatoms. The molecule has 1 aromatic rings. The highest BCUT2D eigenvalue weighted by molar-refractivity contribution is 5.98. The molecule has 14 heavy (non-hydrogen) atoms. The fraction of sp³-hybridized carbons (Fsp3) is 0.111. The summed E-state index contributed by atoms with van der Waals surface area (Å²) in [7, 11) is 0. The first-order valence-corrected chi connectivity index (χ1v) is 3.68.